The van der Waals surface area contributed by atoms with E-state index in [-0.39, 0.29) is 24.4 Å². The van der Waals surface area contributed by atoms with Crippen molar-refractivity contribution in [2.75, 3.05) is 13.1 Å². The Balaban J connectivity index is 2.91. The zero-order valence-corrected chi connectivity index (χ0v) is 10.2. The molecule has 0 saturated heterocycles. The minimum absolute atomic E-state index is 0.0386. The predicted octanol–water partition coefficient (Wildman–Crippen LogP) is 0.567. The third-order valence-corrected chi connectivity index (χ3v) is 4.16. The zero-order valence-electron chi connectivity index (χ0n) is 9.41. The lowest BCUT2D eigenvalue weighted by Gasteiger charge is -2.19. The molecule has 1 rings (SSSR count). The SMILES string of the molecule is CCN(CCC(=O)O)S(=O)(=O)c1cccnc1. The highest BCUT2D eigenvalue weighted by atomic mass is 32.2. The average Bonchev–Trinajstić information content (AvgIpc) is 2.30. The number of carbonyl (C=O) groups is 1. The largest absolute Gasteiger partial charge is 0.481 e. The van der Waals surface area contributed by atoms with E-state index >= 15 is 0 Å². The highest BCUT2D eigenvalue weighted by molar-refractivity contribution is 7.89. The minimum Gasteiger partial charge on any atom is -0.481 e. The van der Waals surface area contributed by atoms with Gasteiger partial charge < -0.3 is 5.11 Å². The Kier molecular flexibility index (Phi) is 4.59. The summed E-state index contributed by atoms with van der Waals surface area (Å²) in [4.78, 5) is 14.3. The molecule has 0 unspecified atom stereocenters. The molecule has 0 aliphatic heterocycles. The Morgan fingerprint density at radius 3 is 2.71 bits per heavy atom. The maximum absolute atomic E-state index is 12.1. The van der Waals surface area contributed by atoms with Crippen molar-refractivity contribution in [3.63, 3.8) is 0 Å². The summed E-state index contributed by atoms with van der Waals surface area (Å²) in [6, 6.07) is 2.96. The second kappa shape index (κ2) is 5.74. The van der Waals surface area contributed by atoms with Crippen molar-refractivity contribution in [1.82, 2.24) is 9.29 Å². The van der Waals surface area contributed by atoms with Crippen molar-refractivity contribution in [2.45, 2.75) is 18.2 Å². The fourth-order valence-electron chi connectivity index (χ4n) is 1.32. The molecular weight excluding hydrogens is 244 g/mol. The van der Waals surface area contributed by atoms with E-state index in [9.17, 15) is 13.2 Å². The fraction of sp³-hybridized carbons (Fsp3) is 0.400. The Hall–Kier alpha value is -1.47. The molecule has 0 aliphatic carbocycles. The first-order chi connectivity index (χ1) is 7.98. The van der Waals surface area contributed by atoms with Gasteiger partial charge in [-0.2, -0.15) is 4.31 Å². The van der Waals surface area contributed by atoms with E-state index in [4.69, 9.17) is 5.11 Å². The molecule has 7 heteroatoms. The first-order valence-corrected chi connectivity index (χ1v) is 6.54. The van der Waals surface area contributed by atoms with Gasteiger partial charge in [-0.05, 0) is 12.1 Å². The van der Waals surface area contributed by atoms with Gasteiger partial charge in [-0.25, -0.2) is 8.42 Å². The van der Waals surface area contributed by atoms with Gasteiger partial charge in [0.2, 0.25) is 10.0 Å². The third kappa shape index (κ3) is 3.50. The summed E-state index contributed by atoms with van der Waals surface area (Å²) in [5, 5.41) is 8.56. The topological polar surface area (TPSA) is 87.6 Å². The van der Waals surface area contributed by atoms with Crippen LogP contribution in [0.2, 0.25) is 0 Å². The van der Waals surface area contributed by atoms with Crippen molar-refractivity contribution < 1.29 is 18.3 Å². The monoisotopic (exact) mass is 258 g/mol. The Bertz CT molecular complexity index is 472. The van der Waals surface area contributed by atoms with E-state index in [0.717, 1.165) is 4.31 Å². The summed E-state index contributed by atoms with van der Waals surface area (Å²) in [6.45, 7) is 1.85. The van der Waals surface area contributed by atoms with Crippen LogP contribution in [0.15, 0.2) is 29.4 Å². The lowest BCUT2D eigenvalue weighted by Crippen LogP contribution is -2.32. The maximum Gasteiger partial charge on any atom is 0.304 e. The number of hydrogen-bond acceptors (Lipinski definition) is 4. The van der Waals surface area contributed by atoms with Crippen LogP contribution in [-0.2, 0) is 14.8 Å². The molecule has 0 aromatic carbocycles. The Labute approximate surface area is 100.0 Å². The Morgan fingerprint density at radius 1 is 1.53 bits per heavy atom. The molecule has 0 aliphatic rings. The summed E-state index contributed by atoms with van der Waals surface area (Å²) >= 11 is 0. The molecule has 17 heavy (non-hydrogen) atoms. The predicted molar refractivity (Wildman–Crippen MR) is 60.9 cm³/mol. The van der Waals surface area contributed by atoms with Crippen LogP contribution in [0.1, 0.15) is 13.3 Å². The summed E-state index contributed by atoms with van der Waals surface area (Å²) in [6.07, 6.45) is 2.51. The number of nitrogens with zero attached hydrogens (tertiary/aromatic N) is 2. The van der Waals surface area contributed by atoms with E-state index in [1.165, 1.54) is 24.5 Å². The first-order valence-electron chi connectivity index (χ1n) is 5.10. The minimum atomic E-state index is -3.64. The average molecular weight is 258 g/mol. The van der Waals surface area contributed by atoms with Gasteiger partial charge in [0.1, 0.15) is 4.90 Å². The van der Waals surface area contributed by atoms with E-state index in [1.807, 2.05) is 0 Å². The van der Waals surface area contributed by atoms with Crippen LogP contribution >= 0.6 is 0 Å². The van der Waals surface area contributed by atoms with Crippen LogP contribution in [0.25, 0.3) is 0 Å². The molecule has 0 fully saturated rings. The molecule has 94 valence electrons. The summed E-state index contributed by atoms with van der Waals surface area (Å²) in [7, 11) is -3.64. The van der Waals surface area contributed by atoms with Gasteiger partial charge in [0, 0.05) is 25.5 Å². The summed E-state index contributed by atoms with van der Waals surface area (Å²) in [5.74, 6) is -1.02. The van der Waals surface area contributed by atoms with Crippen LogP contribution in [0, 0.1) is 0 Å². The van der Waals surface area contributed by atoms with Gasteiger partial charge in [-0.1, -0.05) is 6.92 Å². The number of hydrogen-bond donors (Lipinski definition) is 1. The zero-order chi connectivity index (χ0) is 12.9. The first kappa shape index (κ1) is 13.6. The second-order valence-corrected chi connectivity index (χ2v) is 5.27. The van der Waals surface area contributed by atoms with Crippen LogP contribution in [0.3, 0.4) is 0 Å². The number of rotatable bonds is 6. The molecule has 0 atom stereocenters. The second-order valence-electron chi connectivity index (χ2n) is 3.33. The van der Waals surface area contributed by atoms with E-state index in [1.54, 1.807) is 6.92 Å². The van der Waals surface area contributed by atoms with Crippen molar-refractivity contribution in [3.05, 3.63) is 24.5 Å². The van der Waals surface area contributed by atoms with Gasteiger partial charge in [-0.3, -0.25) is 9.78 Å². The van der Waals surface area contributed by atoms with Crippen LogP contribution in [0.5, 0.6) is 0 Å². The third-order valence-electron chi connectivity index (χ3n) is 2.20. The van der Waals surface area contributed by atoms with Gasteiger partial charge in [0.05, 0.1) is 6.42 Å². The van der Waals surface area contributed by atoms with Crippen molar-refractivity contribution in [1.29, 1.82) is 0 Å². The van der Waals surface area contributed by atoms with E-state index in [0.29, 0.717) is 0 Å². The summed E-state index contributed by atoms with van der Waals surface area (Å²) < 4.78 is 25.3. The van der Waals surface area contributed by atoms with Crippen LogP contribution < -0.4 is 0 Å². The molecule has 0 spiro atoms. The van der Waals surface area contributed by atoms with Gasteiger partial charge >= 0.3 is 5.97 Å². The molecule has 1 N–H and O–H groups in total. The highest BCUT2D eigenvalue weighted by Crippen LogP contribution is 2.13. The highest BCUT2D eigenvalue weighted by Gasteiger charge is 2.23. The normalized spacial score (nSPS) is 11.6. The molecular formula is C10H14N2O4S. The molecule has 0 saturated carbocycles. The van der Waals surface area contributed by atoms with Gasteiger partial charge in [0.15, 0.2) is 0 Å². The standard InChI is InChI=1S/C10H14N2O4S/c1-2-12(7-5-10(13)14)17(15,16)9-4-3-6-11-8-9/h3-4,6,8H,2,5,7H2,1H3,(H,13,14). The van der Waals surface area contributed by atoms with Crippen molar-refractivity contribution in [2.24, 2.45) is 0 Å². The molecule has 1 aromatic heterocycles. The number of sulfonamides is 1. The van der Waals surface area contributed by atoms with Crippen LogP contribution in [-0.4, -0.2) is 41.9 Å². The van der Waals surface area contributed by atoms with E-state index in [2.05, 4.69) is 4.98 Å². The fourth-order valence-corrected chi connectivity index (χ4v) is 2.73. The van der Waals surface area contributed by atoms with Gasteiger partial charge in [0.25, 0.3) is 0 Å². The lowest BCUT2D eigenvalue weighted by atomic mass is 10.4. The molecule has 1 aromatic rings. The van der Waals surface area contributed by atoms with E-state index < -0.39 is 16.0 Å². The van der Waals surface area contributed by atoms with Crippen molar-refractivity contribution >= 4 is 16.0 Å². The number of aliphatic carboxylic acids is 1. The molecule has 0 amide bonds. The quantitative estimate of drug-likeness (QED) is 0.805. The maximum atomic E-state index is 12.1. The molecule has 0 bridgehead atoms. The smallest absolute Gasteiger partial charge is 0.304 e. The Morgan fingerprint density at radius 2 is 2.24 bits per heavy atom. The number of carboxylic acids is 1. The van der Waals surface area contributed by atoms with Crippen molar-refractivity contribution in [3.8, 4) is 0 Å². The molecule has 1 heterocycles. The van der Waals surface area contributed by atoms with Gasteiger partial charge in [-0.15, -0.1) is 0 Å². The lowest BCUT2D eigenvalue weighted by molar-refractivity contribution is -0.137. The molecule has 6 nitrogen and oxygen atoms in total. The number of pyridine rings is 1. The molecule has 0 radical (unpaired) electrons. The number of aromatic nitrogens is 1. The van der Waals surface area contributed by atoms with Crippen LogP contribution in [0.4, 0.5) is 0 Å². The summed E-state index contributed by atoms with van der Waals surface area (Å²) in [5.41, 5.74) is 0. The number of carboxylic acid groups (broad SMARTS) is 1.